The van der Waals surface area contributed by atoms with E-state index >= 15 is 0 Å². The fraction of sp³-hybridized carbons (Fsp3) is 0.409. The first-order valence-corrected chi connectivity index (χ1v) is 10.8. The molecule has 1 heterocycles. The van der Waals surface area contributed by atoms with Crippen LogP contribution in [0.2, 0.25) is 0 Å². The third kappa shape index (κ3) is 5.42. The molecule has 6 heteroatoms. The van der Waals surface area contributed by atoms with E-state index in [0.717, 1.165) is 37.5 Å². The van der Waals surface area contributed by atoms with Crippen LogP contribution in [0.5, 0.6) is 5.75 Å². The van der Waals surface area contributed by atoms with Crippen molar-refractivity contribution in [2.75, 3.05) is 58.0 Å². The first-order chi connectivity index (χ1) is 13.6. The van der Waals surface area contributed by atoms with Gasteiger partial charge in [0.05, 0.1) is 13.7 Å². The van der Waals surface area contributed by atoms with Crippen LogP contribution in [0.15, 0.2) is 53.4 Å². The van der Waals surface area contributed by atoms with Crippen LogP contribution < -0.4 is 9.64 Å². The van der Waals surface area contributed by atoms with E-state index in [2.05, 4.69) is 52.5 Å². The van der Waals surface area contributed by atoms with Crippen LogP contribution in [-0.2, 0) is 11.3 Å². The number of amides is 1. The summed E-state index contributed by atoms with van der Waals surface area (Å²) in [6.45, 7) is 4.74. The lowest BCUT2D eigenvalue weighted by molar-refractivity contribution is -0.131. The standard InChI is InChI=1S/C22H29N3O2S/c1-23(16-18-7-9-21(28-3)10-8-18)22(26)17-24-11-13-25(14-12-24)19-5-4-6-20(15-19)27-2/h4-10,15H,11-14,16-17H2,1-3H3. The molecule has 0 aromatic heterocycles. The van der Waals surface area contributed by atoms with Crippen molar-refractivity contribution in [1.82, 2.24) is 9.80 Å². The van der Waals surface area contributed by atoms with Crippen molar-refractivity contribution >= 4 is 23.4 Å². The van der Waals surface area contributed by atoms with Gasteiger partial charge in [0.15, 0.2) is 0 Å². The van der Waals surface area contributed by atoms with Gasteiger partial charge in [0.2, 0.25) is 5.91 Å². The highest BCUT2D eigenvalue weighted by molar-refractivity contribution is 7.98. The number of benzene rings is 2. The first kappa shape index (κ1) is 20.6. The number of likely N-dealkylation sites (N-methyl/N-ethyl adjacent to an activating group) is 1. The van der Waals surface area contributed by atoms with Crippen molar-refractivity contribution in [3.63, 3.8) is 0 Å². The number of hydrogen-bond donors (Lipinski definition) is 0. The Morgan fingerprint density at radius 3 is 2.46 bits per heavy atom. The quantitative estimate of drug-likeness (QED) is 0.668. The van der Waals surface area contributed by atoms with Gasteiger partial charge in [-0.05, 0) is 36.1 Å². The molecule has 2 aromatic rings. The van der Waals surface area contributed by atoms with Crippen LogP contribution in [0.3, 0.4) is 0 Å². The van der Waals surface area contributed by atoms with E-state index in [0.29, 0.717) is 13.1 Å². The molecule has 28 heavy (non-hydrogen) atoms. The summed E-state index contributed by atoms with van der Waals surface area (Å²) in [5.41, 5.74) is 2.34. The number of anilines is 1. The highest BCUT2D eigenvalue weighted by atomic mass is 32.2. The number of carbonyl (C=O) groups is 1. The Morgan fingerprint density at radius 1 is 1.11 bits per heavy atom. The minimum absolute atomic E-state index is 0.170. The molecule has 2 aromatic carbocycles. The Morgan fingerprint density at radius 2 is 1.82 bits per heavy atom. The lowest BCUT2D eigenvalue weighted by Crippen LogP contribution is -2.49. The van der Waals surface area contributed by atoms with E-state index in [1.807, 2.05) is 24.1 Å². The fourth-order valence-electron chi connectivity index (χ4n) is 3.38. The van der Waals surface area contributed by atoms with Crippen LogP contribution in [-0.4, -0.2) is 68.8 Å². The van der Waals surface area contributed by atoms with Crippen molar-refractivity contribution in [3.8, 4) is 5.75 Å². The average Bonchev–Trinajstić information content (AvgIpc) is 2.74. The predicted octanol–water partition coefficient (Wildman–Crippen LogP) is 3.20. The molecule has 150 valence electrons. The van der Waals surface area contributed by atoms with Gasteiger partial charge < -0.3 is 14.5 Å². The van der Waals surface area contributed by atoms with Gasteiger partial charge in [-0.2, -0.15) is 0 Å². The minimum Gasteiger partial charge on any atom is -0.497 e. The second-order valence-corrected chi connectivity index (χ2v) is 7.94. The normalized spacial score (nSPS) is 14.8. The van der Waals surface area contributed by atoms with Crippen LogP contribution >= 0.6 is 11.8 Å². The maximum atomic E-state index is 12.6. The van der Waals surface area contributed by atoms with Crippen molar-refractivity contribution in [2.24, 2.45) is 0 Å². The van der Waals surface area contributed by atoms with Crippen molar-refractivity contribution in [1.29, 1.82) is 0 Å². The van der Waals surface area contributed by atoms with E-state index < -0.39 is 0 Å². The zero-order valence-corrected chi connectivity index (χ0v) is 17.7. The van der Waals surface area contributed by atoms with E-state index in [4.69, 9.17) is 4.74 Å². The van der Waals surface area contributed by atoms with Crippen molar-refractivity contribution in [3.05, 3.63) is 54.1 Å². The van der Waals surface area contributed by atoms with Crippen molar-refractivity contribution < 1.29 is 9.53 Å². The van der Waals surface area contributed by atoms with Crippen molar-refractivity contribution in [2.45, 2.75) is 11.4 Å². The summed E-state index contributed by atoms with van der Waals surface area (Å²) in [5.74, 6) is 1.05. The van der Waals surface area contributed by atoms with Gasteiger partial charge in [0.25, 0.3) is 0 Å². The Balaban J connectivity index is 1.47. The zero-order valence-electron chi connectivity index (χ0n) is 16.9. The molecule has 1 saturated heterocycles. The second-order valence-electron chi connectivity index (χ2n) is 7.06. The lowest BCUT2D eigenvalue weighted by atomic mass is 10.2. The molecule has 1 amide bonds. The van der Waals surface area contributed by atoms with Crippen LogP contribution in [0, 0.1) is 0 Å². The van der Waals surface area contributed by atoms with Gasteiger partial charge >= 0.3 is 0 Å². The summed E-state index contributed by atoms with van der Waals surface area (Å²) in [5, 5.41) is 0. The first-order valence-electron chi connectivity index (χ1n) is 9.57. The van der Waals surface area contributed by atoms with Gasteiger partial charge in [-0.1, -0.05) is 18.2 Å². The zero-order chi connectivity index (χ0) is 19.9. The highest BCUT2D eigenvalue weighted by Crippen LogP contribution is 2.22. The van der Waals surface area contributed by atoms with Gasteiger partial charge in [0, 0.05) is 56.4 Å². The molecular weight excluding hydrogens is 370 g/mol. The number of piperazine rings is 1. The molecule has 0 N–H and O–H groups in total. The lowest BCUT2D eigenvalue weighted by Gasteiger charge is -2.36. The monoisotopic (exact) mass is 399 g/mol. The summed E-state index contributed by atoms with van der Waals surface area (Å²) in [7, 11) is 3.58. The largest absolute Gasteiger partial charge is 0.497 e. The molecule has 0 aliphatic carbocycles. The van der Waals surface area contributed by atoms with Gasteiger partial charge in [-0.15, -0.1) is 11.8 Å². The third-order valence-corrected chi connectivity index (χ3v) is 5.90. The molecule has 1 aliphatic rings. The summed E-state index contributed by atoms with van der Waals surface area (Å²) in [4.78, 5) is 20.3. The minimum atomic E-state index is 0.170. The number of methoxy groups -OCH3 is 1. The smallest absolute Gasteiger partial charge is 0.236 e. The maximum absolute atomic E-state index is 12.6. The molecule has 0 unspecified atom stereocenters. The summed E-state index contributed by atoms with van der Waals surface area (Å²) in [6.07, 6.45) is 2.07. The summed E-state index contributed by atoms with van der Waals surface area (Å²) in [6, 6.07) is 16.6. The summed E-state index contributed by atoms with van der Waals surface area (Å²) < 4.78 is 5.32. The molecular formula is C22H29N3O2S. The molecule has 0 saturated carbocycles. The Hall–Kier alpha value is -2.18. The topological polar surface area (TPSA) is 36.0 Å². The van der Waals surface area contributed by atoms with Crippen LogP contribution in [0.4, 0.5) is 5.69 Å². The van der Waals surface area contributed by atoms with E-state index in [1.165, 1.54) is 10.6 Å². The Kier molecular flexibility index (Phi) is 7.23. The molecule has 0 spiro atoms. The number of carbonyl (C=O) groups excluding carboxylic acids is 1. The number of rotatable bonds is 7. The molecule has 0 radical (unpaired) electrons. The molecule has 0 atom stereocenters. The predicted molar refractivity (Wildman–Crippen MR) is 116 cm³/mol. The third-order valence-electron chi connectivity index (χ3n) is 5.15. The number of ether oxygens (including phenoxy) is 1. The van der Waals surface area contributed by atoms with E-state index in [-0.39, 0.29) is 5.91 Å². The summed E-state index contributed by atoms with van der Waals surface area (Å²) >= 11 is 1.73. The molecule has 1 fully saturated rings. The van der Waals surface area contributed by atoms with Gasteiger partial charge in [0.1, 0.15) is 5.75 Å². The molecule has 0 bridgehead atoms. The molecule has 3 rings (SSSR count). The SMILES string of the molecule is COc1cccc(N2CCN(CC(=O)N(C)Cc3ccc(SC)cc3)CC2)c1. The second kappa shape index (κ2) is 9.85. The highest BCUT2D eigenvalue weighted by Gasteiger charge is 2.21. The Labute approximate surface area is 172 Å². The average molecular weight is 400 g/mol. The maximum Gasteiger partial charge on any atom is 0.236 e. The van der Waals surface area contributed by atoms with Crippen LogP contribution in [0.25, 0.3) is 0 Å². The van der Waals surface area contributed by atoms with Gasteiger partial charge in [-0.3, -0.25) is 9.69 Å². The Bertz CT molecular complexity index is 774. The fourth-order valence-corrected chi connectivity index (χ4v) is 3.78. The number of hydrogen-bond acceptors (Lipinski definition) is 5. The molecule has 5 nitrogen and oxygen atoms in total. The number of nitrogens with zero attached hydrogens (tertiary/aromatic N) is 3. The van der Waals surface area contributed by atoms with E-state index in [9.17, 15) is 4.79 Å². The van der Waals surface area contributed by atoms with E-state index in [1.54, 1.807) is 18.9 Å². The van der Waals surface area contributed by atoms with Crippen LogP contribution in [0.1, 0.15) is 5.56 Å². The van der Waals surface area contributed by atoms with Gasteiger partial charge in [-0.25, -0.2) is 0 Å². The number of thioether (sulfide) groups is 1. The molecule has 1 aliphatic heterocycles.